The van der Waals surface area contributed by atoms with Gasteiger partial charge in [0, 0.05) is 37.5 Å². The van der Waals surface area contributed by atoms with Gasteiger partial charge in [-0.2, -0.15) is 0 Å². The Morgan fingerprint density at radius 3 is 2.41 bits per heavy atom. The molecule has 3 aromatic rings. The van der Waals surface area contributed by atoms with Gasteiger partial charge < -0.3 is 10.2 Å². The fraction of sp³-hybridized carbons (Fsp3) is 0.269. The van der Waals surface area contributed by atoms with Gasteiger partial charge in [-0.15, -0.1) is 0 Å². The normalized spacial score (nSPS) is 18.1. The molecular formula is C26H27N5O3. The molecule has 2 aromatic heterocycles. The summed E-state index contributed by atoms with van der Waals surface area (Å²) in [5.74, 6) is -1.31. The number of nitrogens with zero attached hydrogens (tertiary/aromatic N) is 4. The number of pyridine rings is 2. The van der Waals surface area contributed by atoms with Crippen molar-refractivity contribution >= 4 is 23.5 Å². The summed E-state index contributed by atoms with van der Waals surface area (Å²) in [5, 5.41) is 2.91. The number of imide groups is 1. The Hall–Kier alpha value is -4.07. The molecule has 1 aromatic carbocycles. The molecule has 0 spiro atoms. The van der Waals surface area contributed by atoms with Gasteiger partial charge in [0.15, 0.2) is 0 Å². The minimum absolute atomic E-state index is 0.311. The summed E-state index contributed by atoms with van der Waals surface area (Å²) in [4.78, 5) is 50.6. The largest absolute Gasteiger partial charge is 0.331 e. The van der Waals surface area contributed by atoms with Gasteiger partial charge in [-0.3, -0.25) is 24.5 Å². The number of nitrogens with one attached hydrogen (secondary N) is 1. The van der Waals surface area contributed by atoms with Crippen molar-refractivity contribution in [2.24, 2.45) is 5.92 Å². The molecule has 34 heavy (non-hydrogen) atoms. The molecule has 174 valence electrons. The van der Waals surface area contributed by atoms with E-state index < -0.39 is 18.0 Å². The van der Waals surface area contributed by atoms with Crippen LogP contribution in [0, 0.1) is 5.92 Å². The van der Waals surface area contributed by atoms with E-state index in [1.165, 1.54) is 4.90 Å². The van der Waals surface area contributed by atoms with E-state index in [2.05, 4.69) is 15.3 Å². The third kappa shape index (κ3) is 4.66. The Morgan fingerprint density at radius 2 is 1.76 bits per heavy atom. The highest BCUT2D eigenvalue weighted by Crippen LogP contribution is 2.33. The van der Waals surface area contributed by atoms with Gasteiger partial charge in [0.05, 0.1) is 12.0 Å². The molecular weight excluding hydrogens is 430 g/mol. The molecule has 1 N–H and O–H groups in total. The predicted molar refractivity (Wildman–Crippen MR) is 128 cm³/mol. The number of rotatable bonds is 7. The molecule has 8 nitrogen and oxygen atoms in total. The van der Waals surface area contributed by atoms with Crippen molar-refractivity contribution in [1.82, 2.24) is 20.2 Å². The van der Waals surface area contributed by atoms with Crippen molar-refractivity contribution in [3.8, 4) is 0 Å². The van der Waals surface area contributed by atoms with Gasteiger partial charge in [-0.05, 0) is 54.3 Å². The average Bonchev–Trinajstić information content (AvgIpc) is 2.89. The van der Waals surface area contributed by atoms with Gasteiger partial charge in [-0.1, -0.05) is 31.2 Å². The van der Waals surface area contributed by atoms with Crippen molar-refractivity contribution in [3.05, 3.63) is 90.5 Å². The highest BCUT2D eigenvalue weighted by molar-refractivity contribution is 6.12. The molecule has 4 rings (SSSR count). The maximum absolute atomic E-state index is 13.5. The Bertz CT molecular complexity index is 1140. The minimum atomic E-state index is -0.905. The van der Waals surface area contributed by atoms with Crippen molar-refractivity contribution in [2.75, 3.05) is 11.9 Å². The molecule has 0 bridgehead atoms. The summed E-state index contributed by atoms with van der Waals surface area (Å²) in [5.41, 5.74) is 2.41. The van der Waals surface area contributed by atoms with Gasteiger partial charge in [0.2, 0.25) is 5.91 Å². The molecule has 0 unspecified atom stereocenters. The minimum Gasteiger partial charge on any atom is -0.331 e. The number of carbonyl (C=O) groups excluding carboxylic acids is 3. The van der Waals surface area contributed by atoms with Crippen molar-refractivity contribution < 1.29 is 14.4 Å². The van der Waals surface area contributed by atoms with Crippen LogP contribution in [0.2, 0.25) is 0 Å². The van der Waals surface area contributed by atoms with E-state index in [0.717, 1.165) is 16.0 Å². The summed E-state index contributed by atoms with van der Waals surface area (Å²) < 4.78 is 0. The van der Waals surface area contributed by atoms with Crippen LogP contribution in [-0.2, 0) is 16.0 Å². The van der Waals surface area contributed by atoms with Crippen LogP contribution in [0.3, 0.4) is 0 Å². The summed E-state index contributed by atoms with van der Waals surface area (Å²) >= 11 is 0. The molecule has 0 aliphatic carbocycles. The number of likely N-dealkylation sites (tertiary alicyclic amines) is 1. The number of likely N-dealkylation sites (N-methyl/N-ethyl adjacent to an activating group) is 1. The van der Waals surface area contributed by atoms with Crippen LogP contribution in [0.25, 0.3) is 0 Å². The highest BCUT2D eigenvalue weighted by atomic mass is 16.2. The zero-order valence-corrected chi connectivity index (χ0v) is 19.2. The third-order valence-electron chi connectivity index (χ3n) is 6.16. The first-order valence-corrected chi connectivity index (χ1v) is 11.3. The summed E-state index contributed by atoms with van der Waals surface area (Å²) in [6.45, 7) is 1.94. The molecule has 3 heterocycles. The van der Waals surface area contributed by atoms with E-state index in [1.807, 2.05) is 55.5 Å². The van der Waals surface area contributed by atoms with Gasteiger partial charge in [0.1, 0.15) is 6.04 Å². The monoisotopic (exact) mass is 457 g/mol. The number of hydrogen-bond acceptors (Lipinski definition) is 5. The van der Waals surface area contributed by atoms with Crippen LogP contribution in [0.4, 0.5) is 10.5 Å². The third-order valence-corrected chi connectivity index (χ3v) is 6.16. The molecule has 1 fully saturated rings. The van der Waals surface area contributed by atoms with E-state index in [1.54, 1.807) is 37.9 Å². The maximum Gasteiger partial charge on any atom is 0.325 e. The maximum atomic E-state index is 13.5. The number of hydrogen-bond donors (Lipinski definition) is 1. The molecule has 1 saturated heterocycles. The lowest BCUT2D eigenvalue weighted by molar-refractivity contribution is -0.156. The number of benzene rings is 1. The summed E-state index contributed by atoms with van der Waals surface area (Å²) in [7, 11) is 1.66. The second kappa shape index (κ2) is 10.2. The number of β-lactam (4-membered cyclic amide) rings is 1. The molecule has 1 aliphatic heterocycles. The van der Waals surface area contributed by atoms with Crippen LogP contribution in [0.1, 0.15) is 30.5 Å². The van der Waals surface area contributed by atoms with Gasteiger partial charge >= 0.3 is 6.03 Å². The molecule has 0 radical (unpaired) electrons. The van der Waals surface area contributed by atoms with Crippen molar-refractivity contribution in [2.45, 2.75) is 31.8 Å². The predicted octanol–water partition coefficient (Wildman–Crippen LogP) is 3.37. The van der Waals surface area contributed by atoms with Gasteiger partial charge in [0.25, 0.3) is 5.91 Å². The number of urea groups is 1. The van der Waals surface area contributed by atoms with E-state index in [-0.39, 0.29) is 17.9 Å². The summed E-state index contributed by atoms with van der Waals surface area (Å²) in [6.07, 6.45) is 7.61. The molecule has 0 saturated carbocycles. The Labute approximate surface area is 198 Å². The Balaban J connectivity index is 1.58. The zero-order valence-electron chi connectivity index (χ0n) is 19.2. The topological polar surface area (TPSA) is 95.5 Å². The fourth-order valence-electron chi connectivity index (χ4n) is 4.23. The lowest BCUT2D eigenvalue weighted by atomic mass is 9.81. The van der Waals surface area contributed by atoms with E-state index in [9.17, 15) is 14.4 Å². The Morgan fingerprint density at radius 1 is 1.03 bits per heavy atom. The van der Waals surface area contributed by atoms with Gasteiger partial charge in [-0.25, -0.2) is 4.79 Å². The number of amides is 4. The van der Waals surface area contributed by atoms with Crippen molar-refractivity contribution in [3.63, 3.8) is 0 Å². The fourth-order valence-corrected chi connectivity index (χ4v) is 4.23. The molecule has 3 atom stereocenters. The number of carbonyl (C=O) groups is 3. The standard InChI is InChI=1S/C26H27N5O3/c1-3-22(19-8-7-13-28-17-19)29-26(34)31-23(25(33)30(2)20-9-5-4-6-10-20)21(24(31)32)16-18-11-14-27-15-12-18/h4-15,17,21-23H,3,16H2,1-2H3,(H,29,34)/t21-,22-,23+/m1/s1. The second-order valence-corrected chi connectivity index (χ2v) is 8.25. The zero-order chi connectivity index (χ0) is 24.1. The number of para-hydroxylation sites is 1. The number of aromatic nitrogens is 2. The van der Waals surface area contributed by atoms with Crippen LogP contribution < -0.4 is 10.2 Å². The first kappa shape index (κ1) is 23.1. The van der Waals surface area contributed by atoms with Crippen LogP contribution in [-0.4, -0.2) is 45.8 Å². The smallest absolute Gasteiger partial charge is 0.325 e. The average molecular weight is 458 g/mol. The van der Waals surface area contributed by atoms with Crippen molar-refractivity contribution in [1.29, 1.82) is 0 Å². The van der Waals surface area contributed by atoms with Crippen LogP contribution >= 0.6 is 0 Å². The SMILES string of the molecule is CC[C@@H](NC(=O)N1C(=O)[C@H](Cc2ccncc2)[C@H]1C(=O)N(C)c1ccccc1)c1cccnc1. The summed E-state index contributed by atoms with van der Waals surface area (Å²) in [6, 6.07) is 14.7. The highest BCUT2D eigenvalue weighted by Gasteiger charge is 2.55. The lowest BCUT2D eigenvalue weighted by Gasteiger charge is -2.46. The second-order valence-electron chi connectivity index (χ2n) is 8.25. The number of anilines is 1. The van der Waals surface area contributed by atoms with E-state index >= 15 is 0 Å². The first-order chi connectivity index (χ1) is 16.5. The Kier molecular flexibility index (Phi) is 6.96. The molecule has 4 amide bonds. The first-order valence-electron chi connectivity index (χ1n) is 11.3. The van der Waals surface area contributed by atoms with Crippen LogP contribution in [0.15, 0.2) is 79.4 Å². The lowest BCUT2D eigenvalue weighted by Crippen LogP contribution is -2.70. The van der Waals surface area contributed by atoms with E-state index in [4.69, 9.17) is 0 Å². The molecule has 1 aliphatic rings. The quantitative estimate of drug-likeness (QED) is 0.549. The van der Waals surface area contributed by atoms with Crippen LogP contribution in [0.5, 0.6) is 0 Å². The molecule has 8 heteroatoms. The van der Waals surface area contributed by atoms with E-state index in [0.29, 0.717) is 18.5 Å².